The zero-order chi connectivity index (χ0) is 16.2. The zero-order valence-corrected chi connectivity index (χ0v) is 14.0. The fourth-order valence-corrected chi connectivity index (χ4v) is 3.17. The smallest absolute Gasteiger partial charge is 0.295 e. The molecule has 0 saturated heterocycles. The summed E-state index contributed by atoms with van der Waals surface area (Å²) < 4.78 is 30.8. The molecule has 0 unspecified atom stereocenters. The first kappa shape index (κ1) is 17.5. The van der Waals surface area contributed by atoms with E-state index in [0.29, 0.717) is 11.1 Å². The first-order valence-corrected chi connectivity index (χ1v) is 8.16. The lowest BCUT2D eigenvalue weighted by Gasteiger charge is -2.14. The van der Waals surface area contributed by atoms with E-state index in [0.717, 1.165) is 12.1 Å². The lowest BCUT2D eigenvalue weighted by atomic mass is 10.1. The number of hydrogen-bond acceptors (Lipinski definition) is 3. The third-order valence-corrected chi connectivity index (χ3v) is 4.32. The molecule has 0 spiro atoms. The van der Waals surface area contributed by atoms with Crippen LogP contribution in [0.4, 0.5) is 0 Å². The summed E-state index contributed by atoms with van der Waals surface area (Å²) in [5, 5.41) is 0. The molecule has 1 aliphatic heterocycles. The number of nitrogens with zero attached hydrogens (tertiary/aromatic N) is 1. The minimum Gasteiger partial charge on any atom is -0.377 e. The summed E-state index contributed by atoms with van der Waals surface area (Å²) in [6.45, 7) is 8.39. The van der Waals surface area contributed by atoms with Crippen molar-refractivity contribution in [2.24, 2.45) is 0 Å². The van der Waals surface area contributed by atoms with Crippen LogP contribution in [0.15, 0.2) is 41.0 Å². The van der Waals surface area contributed by atoms with E-state index in [1.165, 1.54) is 5.57 Å². The SMILES string of the molecule is CC1=CCN(C)C=C1.Cc1cc(C)c(S(=O)(=O)O)c(C)c1. The predicted octanol–water partition coefficient (Wildman–Crippen LogP) is 3.25. The number of hydrogen-bond donors (Lipinski definition) is 1. The third kappa shape index (κ3) is 5.36. The first-order valence-electron chi connectivity index (χ1n) is 6.72. The van der Waals surface area contributed by atoms with Crippen LogP contribution in [0.25, 0.3) is 0 Å². The van der Waals surface area contributed by atoms with Gasteiger partial charge in [0, 0.05) is 13.6 Å². The standard InChI is InChI=1S/C9H12O3S.C7H11N/c1-6-4-7(2)9(8(3)5-6)13(10,11)12;1-7-3-5-8(2)6-4-7/h4-5H,1-3H3,(H,10,11,12);3-5H,6H2,1-2H3. The van der Waals surface area contributed by atoms with Crippen LogP contribution in [0.5, 0.6) is 0 Å². The van der Waals surface area contributed by atoms with Crippen molar-refractivity contribution in [3.05, 3.63) is 52.7 Å². The van der Waals surface area contributed by atoms with Crippen LogP contribution in [0.2, 0.25) is 0 Å². The minimum absolute atomic E-state index is 0.0260. The molecule has 0 amide bonds. The van der Waals surface area contributed by atoms with Gasteiger partial charge in [-0.2, -0.15) is 8.42 Å². The molecular formula is C16H23NO3S. The summed E-state index contributed by atoms with van der Waals surface area (Å²) in [6, 6.07) is 3.46. The van der Waals surface area contributed by atoms with E-state index in [1.807, 2.05) is 6.92 Å². The second-order valence-electron chi connectivity index (χ2n) is 5.41. The van der Waals surface area contributed by atoms with Crippen LogP contribution in [0, 0.1) is 20.8 Å². The van der Waals surface area contributed by atoms with Gasteiger partial charge in [0.05, 0.1) is 4.90 Å². The molecule has 0 bridgehead atoms. The van der Waals surface area contributed by atoms with Crippen LogP contribution in [-0.4, -0.2) is 31.5 Å². The van der Waals surface area contributed by atoms with Crippen molar-refractivity contribution >= 4 is 10.1 Å². The lowest BCUT2D eigenvalue weighted by Crippen LogP contribution is -2.12. The molecule has 1 N–H and O–H groups in total. The Morgan fingerprint density at radius 2 is 1.62 bits per heavy atom. The van der Waals surface area contributed by atoms with E-state index in [1.54, 1.807) is 26.0 Å². The number of aryl methyl sites for hydroxylation is 3. The van der Waals surface area contributed by atoms with Crippen LogP contribution < -0.4 is 0 Å². The molecule has 2 rings (SSSR count). The molecule has 1 aromatic rings. The van der Waals surface area contributed by atoms with E-state index in [9.17, 15) is 8.42 Å². The van der Waals surface area contributed by atoms with E-state index < -0.39 is 10.1 Å². The molecule has 21 heavy (non-hydrogen) atoms. The van der Waals surface area contributed by atoms with Gasteiger partial charge in [0.2, 0.25) is 0 Å². The van der Waals surface area contributed by atoms with Crippen molar-refractivity contribution in [3.8, 4) is 0 Å². The molecule has 116 valence electrons. The monoisotopic (exact) mass is 309 g/mol. The fraction of sp³-hybridized carbons (Fsp3) is 0.375. The maximum Gasteiger partial charge on any atom is 0.295 e. The zero-order valence-electron chi connectivity index (χ0n) is 13.2. The average Bonchev–Trinajstić information content (AvgIpc) is 2.30. The molecule has 0 saturated carbocycles. The van der Waals surface area contributed by atoms with Gasteiger partial charge < -0.3 is 4.90 Å². The molecule has 5 heteroatoms. The lowest BCUT2D eigenvalue weighted by molar-refractivity contribution is 0.482. The van der Waals surface area contributed by atoms with Crippen LogP contribution >= 0.6 is 0 Å². The molecule has 4 nitrogen and oxygen atoms in total. The highest BCUT2D eigenvalue weighted by atomic mass is 32.2. The Hall–Kier alpha value is -1.59. The van der Waals surface area contributed by atoms with Crippen molar-refractivity contribution in [1.82, 2.24) is 4.90 Å². The molecule has 0 aliphatic carbocycles. The summed E-state index contributed by atoms with van der Waals surface area (Å²) in [4.78, 5) is 2.17. The van der Waals surface area contributed by atoms with Crippen molar-refractivity contribution in [3.63, 3.8) is 0 Å². The third-order valence-electron chi connectivity index (χ3n) is 3.16. The Bertz CT molecular complexity index is 650. The number of likely N-dealkylation sites (N-methyl/N-ethyl adjacent to an activating group) is 1. The van der Waals surface area contributed by atoms with Gasteiger partial charge in [-0.25, -0.2) is 0 Å². The second kappa shape index (κ2) is 6.91. The molecule has 0 fully saturated rings. The summed E-state index contributed by atoms with van der Waals surface area (Å²) >= 11 is 0. The van der Waals surface area contributed by atoms with Crippen molar-refractivity contribution < 1.29 is 13.0 Å². The average molecular weight is 309 g/mol. The molecule has 0 atom stereocenters. The molecular weight excluding hydrogens is 286 g/mol. The van der Waals surface area contributed by atoms with E-state index in [2.05, 4.69) is 37.2 Å². The van der Waals surface area contributed by atoms with Gasteiger partial charge in [0.25, 0.3) is 10.1 Å². The molecule has 1 heterocycles. The Morgan fingerprint density at radius 3 is 1.95 bits per heavy atom. The van der Waals surface area contributed by atoms with Gasteiger partial charge in [-0.1, -0.05) is 29.3 Å². The first-order chi connectivity index (χ1) is 9.61. The quantitative estimate of drug-likeness (QED) is 0.809. The Morgan fingerprint density at radius 1 is 1.10 bits per heavy atom. The maximum absolute atomic E-state index is 10.9. The van der Waals surface area contributed by atoms with Gasteiger partial charge in [-0.3, -0.25) is 4.55 Å². The highest BCUT2D eigenvalue weighted by Crippen LogP contribution is 2.20. The van der Waals surface area contributed by atoms with Crippen LogP contribution in [0.1, 0.15) is 23.6 Å². The summed E-state index contributed by atoms with van der Waals surface area (Å²) in [5.74, 6) is 0. The largest absolute Gasteiger partial charge is 0.377 e. The highest BCUT2D eigenvalue weighted by Gasteiger charge is 2.15. The van der Waals surface area contributed by atoms with Crippen molar-refractivity contribution in [1.29, 1.82) is 0 Å². The van der Waals surface area contributed by atoms with Crippen LogP contribution in [-0.2, 0) is 10.1 Å². The number of benzene rings is 1. The predicted molar refractivity (Wildman–Crippen MR) is 86.0 cm³/mol. The van der Waals surface area contributed by atoms with Gasteiger partial charge in [0.15, 0.2) is 0 Å². The Kier molecular flexibility index (Phi) is 5.75. The maximum atomic E-state index is 10.9. The van der Waals surface area contributed by atoms with Gasteiger partial charge in [0.1, 0.15) is 0 Å². The summed E-state index contributed by atoms with van der Waals surface area (Å²) in [7, 11) is -2.01. The van der Waals surface area contributed by atoms with Crippen molar-refractivity contribution in [2.45, 2.75) is 32.6 Å². The Balaban J connectivity index is 0.000000235. The fourth-order valence-electron chi connectivity index (χ4n) is 2.24. The van der Waals surface area contributed by atoms with Crippen LogP contribution in [0.3, 0.4) is 0 Å². The molecule has 1 aliphatic rings. The van der Waals surface area contributed by atoms with E-state index in [-0.39, 0.29) is 4.90 Å². The Labute approximate surface area is 127 Å². The van der Waals surface area contributed by atoms with Gasteiger partial charge in [-0.15, -0.1) is 0 Å². The second-order valence-corrected chi connectivity index (χ2v) is 6.76. The van der Waals surface area contributed by atoms with E-state index >= 15 is 0 Å². The summed E-state index contributed by atoms with van der Waals surface area (Å²) in [5.41, 5.74) is 3.52. The molecule has 1 aromatic carbocycles. The topological polar surface area (TPSA) is 57.6 Å². The number of allylic oxidation sites excluding steroid dienone is 2. The summed E-state index contributed by atoms with van der Waals surface area (Å²) in [6.07, 6.45) is 6.42. The van der Waals surface area contributed by atoms with E-state index in [4.69, 9.17) is 4.55 Å². The molecule has 0 radical (unpaired) electrons. The molecule has 0 aromatic heterocycles. The minimum atomic E-state index is -4.08. The van der Waals surface area contributed by atoms with Crippen molar-refractivity contribution in [2.75, 3.05) is 13.6 Å². The van der Waals surface area contributed by atoms with Gasteiger partial charge >= 0.3 is 0 Å². The van der Waals surface area contributed by atoms with Gasteiger partial charge in [-0.05, 0) is 51.1 Å². The highest BCUT2D eigenvalue weighted by molar-refractivity contribution is 7.86. The normalized spacial score (nSPS) is 14.4. The number of rotatable bonds is 1.